The van der Waals surface area contributed by atoms with Crippen LogP contribution < -0.4 is 10.1 Å². The van der Waals surface area contributed by atoms with E-state index < -0.39 is 5.72 Å². The van der Waals surface area contributed by atoms with E-state index in [-0.39, 0.29) is 23.9 Å². The Morgan fingerprint density at radius 3 is 2.95 bits per heavy atom. The molecule has 2 aliphatic heterocycles. The molecular formula is C14H17FN2O2. The van der Waals surface area contributed by atoms with E-state index >= 15 is 0 Å². The normalized spacial score (nSPS) is 28.8. The van der Waals surface area contributed by atoms with Crippen LogP contribution in [0.5, 0.6) is 5.75 Å². The Balaban J connectivity index is 2.08. The van der Waals surface area contributed by atoms with Crippen molar-refractivity contribution in [1.82, 2.24) is 10.2 Å². The summed E-state index contributed by atoms with van der Waals surface area (Å²) in [4.78, 5) is 13.9. The fourth-order valence-corrected chi connectivity index (χ4v) is 3.14. The Kier molecular flexibility index (Phi) is 2.49. The smallest absolute Gasteiger partial charge is 0.321 e. The van der Waals surface area contributed by atoms with Crippen LogP contribution in [0, 0.1) is 5.82 Å². The van der Waals surface area contributed by atoms with Crippen molar-refractivity contribution < 1.29 is 13.9 Å². The summed E-state index contributed by atoms with van der Waals surface area (Å²) in [7, 11) is 0. The second kappa shape index (κ2) is 3.85. The van der Waals surface area contributed by atoms with E-state index in [9.17, 15) is 9.18 Å². The number of halogens is 1. The van der Waals surface area contributed by atoms with Crippen LogP contribution in [0.1, 0.15) is 38.8 Å². The molecule has 0 radical (unpaired) electrons. The molecule has 0 saturated carbocycles. The van der Waals surface area contributed by atoms with Gasteiger partial charge >= 0.3 is 6.03 Å². The van der Waals surface area contributed by atoms with Crippen molar-refractivity contribution in [1.29, 1.82) is 0 Å². The molecule has 102 valence electrons. The largest absolute Gasteiger partial charge is 0.468 e. The molecule has 3 rings (SSSR count). The highest BCUT2D eigenvalue weighted by Gasteiger charge is 2.49. The quantitative estimate of drug-likeness (QED) is 0.847. The molecule has 1 saturated heterocycles. The molecule has 1 fully saturated rings. The van der Waals surface area contributed by atoms with E-state index in [4.69, 9.17) is 4.74 Å². The van der Waals surface area contributed by atoms with Gasteiger partial charge in [0.15, 0.2) is 5.72 Å². The van der Waals surface area contributed by atoms with Crippen LogP contribution in [0.3, 0.4) is 0 Å². The monoisotopic (exact) mass is 264 g/mol. The van der Waals surface area contributed by atoms with Gasteiger partial charge in [0, 0.05) is 18.0 Å². The van der Waals surface area contributed by atoms with Crippen molar-refractivity contribution in [2.24, 2.45) is 0 Å². The molecule has 0 aliphatic carbocycles. The maximum atomic E-state index is 13.3. The Morgan fingerprint density at radius 1 is 1.53 bits per heavy atom. The molecule has 2 amide bonds. The van der Waals surface area contributed by atoms with E-state index in [1.165, 1.54) is 12.1 Å². The number of hydrogen-bond acceptors (Lipinski definition) is 2. The average Bonchev–Trinajstić information content (AvgIpc) is 2.28. The number of amides is 2. The van der Waals surface area contributed by atoms with E-state index in [0.717, 1.165) is 0 Å². The maximum Gasteiger partial charge on any atom is 0.321 e. The number of fused-ring (bicyclic) bond motifs is 4. The Bertz CT molecular complexity index is 546. The zero-order chi connectivity index (χ0) is 13.8. The molecule has 1 aromatic carbocycles. The third-order valence-corrected chi connectivity index (χ3v) is 3.80. The topological polar surface area (TPSA) is 41.6 Å². The van der Waals surface area contributed by atoms with Crippen molar-refractivity contribution in [3.63, 3.8) is 0 Å². The molecule has 19 heavy (non-hydrogen) atoms. The van der Waals surface area contributed by atoms with Crippen molar-refractivity contribution in [2.75, 3.05) is 0 Å². The van der Waals surface area contributed by atoms with Crippen LogP contribution in [0.2, 0.25) is 0 Å². The minimum atomic E-state index is -0.675. The molecule has 1 aromatic rings. The Labute approximate surface area is 111 Å². The molecule has 2 unspecified atom stereocenters. The molecule has 1 N–H and O–H groups in total. The fourth-order valence-electron chi connectivity index (χ4n) is 3.14. The highest BCUT2D eigenvalue weighted by atomic mass is 19.1. The summed E-state index contributed by atoms with van der Waals surface area (Å²) < 4.78 is 19.3. The Hall–Kier alpha value is -1.78. The number of rotatable bonds is 1. The summed E-state index contributed by atoms with van der Waals surface area (Å²) in [5.74, 6) is 0.331. The number of nitrogens with one attached hydrogen (secondary N) is 1. The van der Waals surface area contributed by atoms with Gasteiger partial charge in [-0.05, 0) is 39.0 Å². The first kappa shape index (κ1) is 12.3. The standard InChI is InChI=1S/C14H17FN2O2/c1-8(2)17-13(18)16-11-7-14(17,3)19-12-5-4-9(15)6-10(11)12/h4-6,8,11H,7H2,1-3H3,(H,16,18). The van der Waals surface area contributed by atoms with Gasteiger partial charge in [-0.15, -0.1) is 0 Å². The predicted molar refractivity (Wildman–Crippen MR) is 68.3 cm³/mol. The van der Waals surface area contributed by atoms with Gasteiger partial charge in [-0.25, -0.2) is 9.18 Å². The highest BCUT2D eigenvalue weighted by Crippen LogP contribution is 2.44. The Morgan fingerprint density at radius 2 is 2.26 bits per heavy atom. The molecular weight excluding hydrogens is 247 g/mol. The van der Waals surface area contributed by atoms with Gasteiger partial charge in [-0.3, -0.25) is 4.90 Å². The lowest BCUT2D eigenvalue weighted by Crippen LogP contribution is -2.66. The first-order valence-corrected chi connectivity index (χ1v) is 6.49. The second-order valence-electron chi connectivity index (χ2n) is 5.63. The second-order valence-corrected chi connectivity index (χ2v) is 5.63. The summed E-state index contributed by atoms with van der Waals surface area (Å²) in [6.45, 7) is 5.81. The van der Waals surface area contributed by atoms with Crippen molar-refractivity contribution in [3.05, 3.63) is 29.6 Å². The third-order valence-electron chi connectivity index (χ3n) is 3.80. The maximum absolute atomic E-state index is 13.3. The average molecular weight is 264 g/mol. The SMILES string of the molecule is CC(C)N1C(=O)NC2CC1(C)Oc1ccc(F)cc12. The molecule has 2 atom stereocenters. The van der Waals surface area contributed by atoms with Crippen LogP contribution in [-0.4, -0.2) is 22.7 Å². The van der Waals surface area contributed by atoms with E-state index in [1.54, 1.807) is 11.0 Å². The molecule has 2 aliphatic rings. The van der Waals surface area contributed by atoms with Crippen molar-refractivity contribution in [3.8, 4) is 5.75 Å². The van der Waals surface area contributed by atoms with Crippen LogP contribution >= 0.6 is 0 Å². The lowest BCUT2D eigenvalue weighted by Gasteiger charge is -2.52. The summed E-state index contributed by atoms with van der Waals surface area (Å²) in [6, 6.07) is 4.13. The van der Waals surface area contributed by atoms with Crippen LogP contribution in [-0.2, 0) is 0 Å². The van der Waals surface area contributed by atoms with Gasteiger partial charge < -0.3 is 10.1 Å². The minimum Gasteiger partial charge on any atom is -0.468 e. The number of benzene rings is 1. The van der Waals surface area contributed by atoms with E-state index in [2.05, 4.69) is 5.32 Å². The molecule has 4 nitrogen and oxygen atoms in total. The lowest BCUT2D eigenvalue weighted by atomic mass is 9.90. The van der Waals surface area contributed by atoms with Gasteiger partial charge in [0.05, 0.1) is 6.04 Å². The fraction of sp³-hybridized carbons (Fsp3) is 0.500. The number of hydrogen-bond donors (Lipinski definition) is 1. The number of carbonyl (C=O) groups is 1. The minimum absolute atomic E-state index is 0.0351. The van der Waals surface area contributed by atoms with Crippen LogP contribution in [0.25, 0.3) is 0 Å². The zero-order valence-corrected chi connectivity index (χ0v) is 11.2. The summed E-state index contributed by atoms with van der Waals surface area (Å²) in [6.07, 6.45) is 0.618. The summed E-state index contributed by atoms with van der Waals surface area (Å²) in [5, 5.41) is 2.93. The van der Waals surface area contributed by atoms with Gasteiger partial charge in [-0.1, -0.05) is 0 Å². The number of ether oxygens (including phenoxy) is 1. The van der Waals surface area contributed by atoms with Gasteiger partial charge in [0.25, 0.3) is 0 Å². The van der Waals surface area contributed by atoms with Crippen LogP contribution in [0.15, 0.2) is 18.2 Å². The highest BCUT2D eigenvalue weighted by molar-refractivity contribution is 5.77. The first-order valence-electron chi connectivity index (χ1n) is 6.49. The number of urea groups is 1. The first-order chi connectivity index (χ1) is 8.90. The molecule has 0 spiro atoms. The molecule has 5 heteroatoms. The zero-order valence-electron chi connectivity index (χ0n) is 11.2. The summed E-state index contributed by atoms with van der Waals surface area (Å²) in [5.41, 5.74) is 0.0423. The predicted octanol–water partition coefficient (Wildman–Crippen LogP) is 2.80. The lowest BCUT2D eigenvalue weighted by molar-refractivity contribution is -0.0964. The number of carbonyl (C=O) groups excluding carboxylic acids is 1. The molecule has 2 heterocycles. The third kappa shape index (κ3) is 1.76. The van der Waals surface area contributed by atoms with Gasteiger partial charge in [0.2, 0.25) is 0 Å². The summed E-state index contributed by atoms with van der Waals surface area (Å²) >= 11 is 0. The number of nitrogens with zero attached hydrogens (tertiary/aromatic N) is 1. The molecule has 0 aromatic heterocycles. The van der Waals surface area contributed by atoms with Crippen LogP contribution in [0.4, 0.5) is 9.18 Å². The van der Waals surface area contributed by atoms with Gasteiger partial charge in [-0.2, -0.15) is 0 Å². The van der Waals surface area contributed by atoms with Gasteiger partial charge in [0.1, 0.15) is 11.6 Å². The van der Waals surface area contributed by atoms with Crippen molar-refractivity contribution >= 4 is 6.03 Å². The van der Waals surface area contributed by atoms with Crippen molar-refractivity contribution in [2.45, 2.75) is 45.0 Å². The van der Waals surface area contributed by atoms with E-state index in [1.807, 2.05) is 20.8 Å². The molecule has 2 bridgehead atoms. The van der Waals surface area contributed by atoms with E-state index in [0.29, 0.717) is 17.7 Å².